The van der Waals surface area contributed by atoms with Crippen LogP contribution in [0.1, 0.15) is 19.3 Å². The lowest BCUT2D eigenvalue weighted by atomic mass is 10.3. The Bertz CT molecular complexity index is 640. The summed E-state index contributed by atoms with van der Waals surface area (Å²) >= 11 is 6.35. The molecule has 8 heteroatoms. The third kappa shape index (κ3) is 2.47. The number of sulfonamides is 1. The SMILES string of the molecule is COc1c(S(=O)(=O)N2CCC2)cnc(N2CCCC2)c1Cl. The lowest BCUT2D eigenvalue weighted by Crippen LogP contribution is -2.42. The van der Waals surface area contributed by atoms with E-state index in [0.717, 1.165) is 32.4 Å². The number of halogens is 1. The molecule has 2 aliphatic heterocycles. The number of pyridine rings is 1. The number of nitrogens with zero attached hydrogens (tertiary/aromatic N) is 3. The minimum absolute atomic E-state index is 0.0534. The van der Waals surface area contributed by atoms with E-state index in [1.807, 2.05) is 0 Å². The molecular formula is C13H18ClN3O3S. The number of hydrogen-bond donors (Lipinski definition) is 0. The molecule has 1 aromatic heterocycles. The van der Waals surface area contributed by atoms with Gasteiger partial charge in [0.2, 0.25) is 10.0 Å². The molecule has 21 heavy (non-hydrogen) atoms. The fourth-order valence-corrected chi connectivity index (χ4v) is 4.66. The van der Waals surface area contributed by atoms with Gasteiger partial charge in [0.05, 0.1) is 13.3 Å². The van der Waals surface area contributed by atoms with Gasteiger partial charge in [-0.05, 0) is 19.3 Å². The van der Waals surface area contributed by atoms with Crippen molar-refractivity contribution in [1.29, 1.82) is 0 Å². The number of rotatable bonds is 4. The predicted octanol–water partition coefficient (Wildman–Crippen LogP) is 1.74. The Morgan fingerprint density at radius 3 is 2.38 bits per heavy atom. The molecule has 2 fully saturated rings. The number of aromatic nitrogens is 1. The molecule has 2 aliphatic rings. The fourth-order valence-electron chi connectivity index (χ4n) is 2.63. The first kappa shape index (κ1) is 14.9. The van der Waals surface area contributed by atoms with Crippen molar-refractivity contribution >= 4 is 27.4 Å². The number of anilines is 1. The molecule has 0 unspecified atom stereocenters. The van der Waals surface area contributed by atoms with Crippen molar-refractivity contribution in [3.63, 3.8) is 0 Å². The van der Waals surface area contributed by atoms with Gasteiger partial charge >= 0.3 is 0 Å². The molecule has 0 spiro atoms. The van der Waals surface area contributed by atoms with E-state index in [1.165, 1.54) is 17.6 Å². The Morgan fingerprint density at radius 1 is 1.19 bits per heavy atom. The Kier molecular flexibility index (Phi) is 3.98. The molecule has 3 heterocycles. The number of methoxy groups -OCH3 is 1. The van der Waals surface area contributed by atoms with Crippen molar-refractivity contribution in [2.75, 3.05) is 38.2 Å². The molecular weight excluding hydrogens is 314 g/mol. The molecule has 1 aromatic rings. The second-order valence-electron chi connectivity index (χ2n) is 5.25. The highest BCUT2D eigenvalue weighted by Gasteiger charge is 2.34. The summed E-state index contributed by atoms with van der Waals surface area (Å²) in [5, 5.41) is 0.279. The topological polar surface area (TPSA) is 62.7 Å². The third-order valence-electron chi connectivity index (χ3n) is 3.97. The molecule has 0 amide bonds. The highest BCUT2D eigenvalue weighted by Crippen LogP contribution is 2.40. The van der Waals surface area contributed by atoms with E-state index in [9.17, 15) is 8.42 Å². The predicted molar refractivity (Wildman–Crippen MR) is 80.6 cm³/mol. The number of ether oxygens (including phenoxy) is 1. The van der Waals surface area contributed by atoms with Gasteiger partial charge < -0.3 is 9.64 Å². The maximum Gasteiger partial charge on any atom is 0.248 e. The van der Waals surface area contributed by atoms with Crippen LogP contribution in [-0.4, -0.2) is 51.0 Å². The van der Waals surface area contributed by atoms with E-state index in [1.54, 1.807) is 0 Å². The highest BCUT2D eigenvalue weighted by molar-refractivity contribution is 7.89. The summed E-state index contributed by atoms with van der Waals surface area (Å²) in [5.41, 5.74) is 0. The van der Waals surface area contributed by atoms with Crippen molar-refractivity contribution < 1.29 is 13.2 Å². The zero-order valence-electron chi connectivity index (χ0n) is 11.9. The van der Waals surface area contributed by atoms with Gasteiger partial charge in [0.15, 0.2) is 11.6 Å². The molecule has 0 N–H and O–H groups in total. The average Bonchev–Trinajstić information content (AvgIpc) is 2.89. The molecule has 0 saturated carbocycles. The molecule has 0 radical (unpaired) electrons. The first-order chi connectivity index (χ1) is 10.1. The zero-order valence-corrected chi connectivity index (χ0v) is 13.5. The van der Waals surface area contributed by atoms with Crippen LogP contribution < -0.4 is 9.64 Å². The molecule has 0 aliphatic carbocycles. The molecule has 0 bridgehead atoms. The molecule has 2 saturated heterocycles. The summed E-state index contributed by atoms with van der Waals surface area (Å²) in [5.74, 6) is 0.800. The summed E-state index contributed by atoms with van der Waals surface area (Å²) < 4.78 is 31.7. The normalized spacial score (nSPS) is 19.6. The van der Waals surface area contributed by atoms with Crippen molar-refractivity contribution in [2.45, 2.75) is 24.2 Å². The Hall–Kier alpha value is -1.05. The molecule has 0 atom stereocenters. The van der Waals surface area contributed by atoms with Crippen LogP contribution in [0.2, 0.25) is 5.02 Å². The molecule has 0 aromatic carbocycles. The standard InChI is InChI=1S/C13H18ClN3O3S/c1-20-12-10(21(18,19)17-7-4-8-17)9-15-13(11(12)14)16-5-2-3-6-16/h9H,2-8H2,1H3. The van der Waals surface area contributed by atoms with E-state index < -0.39 is 10.0 Å². The van der Waals surface area contributed by atoms with Crippen LogP contribution in [0.5, 0.6) is 5.75 Å². The third-order valence-corrected chi connectivity index (χ3v) is 6.20. The van der Waals surface area contributed by atoms with Gasteiger partial charge in [0.1, 0.15) is 9.92 Å². The maximum absolute atomic E-state index is 12.5. The summed E-state index contributed by atoms with van der Waals surface area (Å²) in [7, 11) is -2.13. The van der Waals surface area contributed by atoms with Gasteiger partial charge in [-0.3, -0.25) is 0 Å². The van der Waals surface area contributed by atoms with Crippen LogP contribution in [0.4, 0.5) is 5.82 Å². The highest BCUT2D eigenvalue weighted by atomic mass is 35.5. The van der Waals surface area contributed by atoms with Gasteiger partial charge in [0.25, 0.3) is 0 Å². The van der Waals surface area contributed by atoms with E-state index >= 15 is 0 Å². The Balaban J connectivity index is 2.04. The minimum atomic E-state index is -3.56. The van der Waals surface area contributed by atoms with E-state index in [4.69, 9.17) is 16.3 Å². The van der Waals surface area contributed by atoms with E-state index in [0.29, 0.717) is 18.9 Å². The lowest BCUT2D eigenvalue weighted by molar-refractivity contribution is 0.307. The van der Waals surface area contributed by atoms with Gasteiger partial charge in [-0.1, -0.05) is 11.6 Å². The summed E-state index contributed by atoms with van der Waals surface area (Å²) in [6.45, 7) is 2.84. The lowest BCUT2D eigenvalue weighted by Gasteiger charge is -2.30. The maximum atomic E-state index is 12.5. The van der Waals surface area contributed by atoms with Gasteiger partial charge in [-0.25, -0.2) is 13.4 Å². The minimum Gasteiger partial charge on any atom is -0.494 e. The molecule has 3 rings (SSSR count). The summed E-state index contributed by atoms with van der Waals surface area (Å²) in [6.07, 6.45) is 4.43. The monoisotopic (exact) mass is 331 g/mol. The summed E-state index contributed by atoms with van der Waals surface area (Å²) in [4.78, 5) is 6.40. The van der Waals surface area contributed by atoms with Crippen molar-refractivity contribution in [1.82, 2.24) is 9.29 Å². The van der Waals surface area contributed by atoms with Crippen LogP contribution in [0.3, 0.4) is 0 Å². The van der Waals surface area contributed by atoms with E-state index in [2.05, 4.69) is 9.88 Å². The molecule has 116 valence electrons. The van der Waals surface area contributed by atoms with Gasteiger partial charge in [-0.2, -0.15) is 4.31 Å². The Labute approximate surface area is 129 Å². The zero-order chi connectivity index (χ0) is 15.0. The quantitative estimate of drug-likeness (QED) is 0.841. The summed E-state index contributed by atoms with van der Waals surface area (Å²) in [6, 6.07) is 0. The first-order valence-electron chi connectivity index (χ1n) is 7.03. The van der Waals surface area contributed by atoms with Crippen molar-refractivity contribution in [3.8, 4) is 5.75 Å². The second kappa shape index (κ2) is 5.62. The smallest absolute Gasteiger partial charge is 0.248 e. The van der Waals surface area contributed by atoms with Crippen LogP contribution in [0, 0.1) is 0 Å². The van der Waals surface area contributed by atoms with Crippen LogP contribution >= 0.6 is 11.6 Å². The van der Waals surface area contributed by atoms with Gasteiger partial charge in [0, 0.05) is 26.2 Å². The van der Waals surface area contributed by atoms with Crippen molar-refractivity contribution in [3.05, 3.63) is 11.2 Å². The number of hydrogen-bond acceptors (Lipinski definition) is 5. The fraction of sp³-hybridized carbons (Fsp3) is 0.615. The average molecular weight is 332 g/mol. The van der Waals surface area contributed by atoms with Crippen molar-refractivity contribution in [2.24, 2.45) is 0 Å². The molecule has 6 nitrogen and oxygen atoms in total. The van der Waals surface area contributed by atoms with E-state index in [-0.39, 0.29) is 15.7 Å². The largest absolute Gasteiger partial charge is 0.494 e. The van der Waals surface area contributed by atoms with Crippen LogP contribution in [0.25, 0.3) is 0 Å². The first-order valence-corrected chi connectivity index (χ1v) is 8.85. The van der Waals surface area contributed by atoms with Crippen LogP contribution in [-0.2, 0) is 10.0 Å². The Morgan fingerprint density at radius 2 is 1.86 bits per heavy atom. The second-order valence-corrected chi connectivity index (χ2v) is 7.53. The van der Waals surface area contributed by atoms with Gasteiger partial charge in [-0.15, -0.1) is 0 Å². The van der Waals surface area contributed by atoms with Crippen LogP contribution in [0.15, 0.2) is 11.1 Å².